The Bertz CT molecular complexity index is 540. The van der Waals surface area contributed by atoms with Gasteiger partial charge in [-0.15, -0.1) is 0 Å². The Morgan fingerprint density at radius 1 is 1.29 bits per heavy atom. The van der Waals surface area contributed by atoms with Crippen molar-refractivity contribution < 1.29 is 4.79 Å². The second-order valence-electron chi connectivity index (χ2n) is 6.66. The summed E-state index contributed by atoms with van der Waals surface area (Å²) in [5.74, 6) is 2.69. The van der Waals surface area contributed by atoms with E-state index in [1.807, 2.05) is 16.5 Å². The highest BCUT2D eigenvalue weighted by Gasteiger charge is 2.40. The second kappa shape index (κ2) is 5.09. The first-order valence-corrected chi connectivity index (χ1v) is 8.16. The quantitative estimate of drug-likeness (QED) is 0.832. The van der Waals surface area contributed by atoms with Gasteiger partial charge in [0.15, 0.2) is 0 Å². The Hall–Kier alpha value is -1.43. The molecule has 0 bridgehead atoms. The molecule has 1 N–H and O–H groups in total. The fourth-order valence-electron chi connectivity index (χ4n) is 4.18. The first kappa shape index (κ1) is 13.2. The number of fused-ring (bicyclic) bond motifs is 2. The smallest absolute Gasteiger partial charge is 0.240 e. The van der Waals surface area contributed by atoms with Crippen molar-refractivity contribution in [1.29, 1.82) is 0 Å². The molecule has 3 aliphatic rings. The SMILES string of the molecule is Cc1nc2n(n1)CCN(C(=O)C1CC3CCCCC3N1)C2. The molecule has 4 rings (SSSR count). The molecule has 2 aliphatic heterocycles. The van der Waals surface area contributed by atoms with Crippen LogP contribution in [0.4, 0.5) is 0 Å². The lowest BCUT2D eigenvalue weighted by atomic mass is 9.85. The van der Waals surface area contributed by atoms with Gasteiger partial charge in [0.1, 0.15) is 11.6 Å². The average molecular weight is 289 g/mol. The van der Waals surface area contributed by atoms with Crippen molar-refractivity contribution >= 4 is 5.91 Å². The topological polar surface area (TPSA) is 63.1 Å². The summed E-state index contributed by atoms with van der Waals surface area (Å²) < 4.78 is 1.93. The summed E-state index contributed by atoms with van der Waals surface area (Å²) in [6.07, 6.45) is 6.18. The number of hydrogen-bond acceptors (Lipinski definition) is 4. The molecular weight excluding hydrogens is 266 g/mol. The van der Waals surface area contributed by atoms with Crippen LogP contribution in [0, 0.1) is 12.8 Å². The lowest BCUT2D eigenvalue weighted by Crippen LogP contribution is -2.48. The largest absolute Gasteiger partial charge is 0.332 e. The van der Waals surface area contributed by atoms with Crippen LogP contribution in [-0.2, 0) is 17.9 Å². The predicted molar refractivity (Wildman–Crippen MR) is 77.5 cm³/mol. The number of aryl methyl sites for hydroxylation is 1. The maximum Gasteiger partial charge on any atom is 0.240 e. The lowest BCUT2D eigenvalue weighted by molar-refractivity contribution is -0.134. The zero-order chi connectivity index (χ0) is 14.4. The third-order valence-corrected chi connectivity index (χ3v) is 5.24. The molecule has 0 aromatic carbocycles. The van der Waals surface area contributed by atoms with Crippen LogP contribution in [0.15, 0.2) is 0 Å². The van der Waals surface area contributed by atoms with Crippen molar-refractivity contribution in [2.24, 2.45) is 5.92 Å². The van der Waals surface area contributed by atoms with Gasteiger partial charge in [-0.1, -0.05) is 12.8 Å². The molecule has 3 atom stereocenters. The van der Waals surface area contributed by atoms with Gasteiger partial charge >= 0.3 is 0 Å². The monoisotopic (exact) mass is 289 g/mol. The highest BCUT2D eigenvalue weighted by atomic mass is 16.2. The van der Waals surface area contributed by atoms with Gasteiger partial charge in [0, 0.05) is 12.6 Å². The van der Waals surface area contributed by atoms with E-state index < -0.39 is 0 Å². The third kappa shape index (κ3) is 2.35. The Kier molecular flexibility index (Phi) is 3.21. The highest BCUT2D eigenvalue weighted by Crippen LogP contribution is 2.33. The summed E-state index contributed by atoms with van der Waals surface area (Å²) in [5, 5.41) is 7.94. The average Bonchev–Trinajstić information content (AvgIpc) is 3.07. The number of nitrogens with one attached hydrogen (secondary N) is 1. The van der Waals surface area contributed by atoms with E-state index in [0.717, 1.165) is 31.2 Å². The molecule has 6 nitrogen and oxygen atoms in total. The van der Waals surface area contributed by atoms with E-state index in [4.69, 9.17) is 0 Å². The van der Waals surface area contributed by atoms with Crippen molar-refractivity contribution in [3.8, 4) is 0 Å². The minimum atomic E-state index is 0.0219. The normalized spacial score (nSPS) is 31.9. The maximum atomic E-state index is 12.8. The van der Waals surface area contributed by atoms with Crippen LogP contribution in [0.2, 0.25) is 0 Å². The number of rotatable bonds is 1. The van der Waals surface area contributed by atoms with Crippen LogP contribution < -0.4 is 5.32 Å². The minimum absolute atomic E-state index is 0.0219. The number of carbonyl (C=O) groups is 1. The molecule has 1 aromatic rings. The van der Waals surface area contributed by atoms with Crippen LogP contribution in [-0.4, -0.2) is 44.2 Å². The molecular formula is C15H23N5O. The van der Waals surface area contributed by atoms with Crippen molar-refractivity contribution in [3.63, 3.8) is 0 Å². The molecule has 3 unspecified atom stereocenters. The molecule has 1 aromatic heterocycles. The molecule has 3 heterocycles. The molecule has 0 spiro atoms. The number of amides is 1. The first-order valence-electron chi connectivity index (χ1n) is 8.16. The number of aromatic nitrogens is 3. The van der Waals surface area contributed by atoms with Crippen molar-refractivity contribution in [2.75, 3.05) is 6.54 Å². The van der Waals surface area contributed by atoms with E-state index in [9.17, 15) is 4.79 Å². The highest BCUT2D eigenvalue weighted by molar-refractivity contribution is 5.82. The molecule has 21 heavy (non-hydrogen) atoms. The number of hydrogen-bond donors (Lipinski definition) is 1. The van der Waals surface area contributed by atoms with Gasteiger partial charge in [-0.3, -0.25) is 4.79 Å². The number of nitrogens with zero attached hydrogens (tertiary/aromatic N) is 4. The van der Waals surface area contributed by atoms with E-state index in [2.05, 4.69) is 15.4 Å². The Balaban J connectivity index is 1.44. The van der Waals surface area contributed by atoms with Gasteiger partial charge in [0.2, 0.25) is 5.91 Å². The van der Waals surface area contributed by atoms with Crippen molar-refractivity contribution in [3.05, 3.63) is 11.6 Å². The Morgan fingerprint density at radius 2 is 2.14 bits per heavy atom. The molecule has 1 saturated heterocycles. The van der Waals surface area contributed by atoms with Crippen LogP contribution >= 0.6 is 0 Å². The van der Waals surface area contributed by atoms with Gasteiger partial charge in [-0.25, -0.2) is 9.67 Å². The molecule has 0 radical (unpaired) electrons. The van der Waals surface area contributed by atoms with Gasteiger partial charge in [-0.05, 0) is 32.1 Å². The summed E-state index contributed by atoms with van der Waals surface area (Å²) in [5.41, 5.74) is 0. The van der Waals surface area contributed by atoms with E-state index in [1.165, 1.54) is 25.7 Å². The minimum Gasteiger partial charge on any atom is -0.332 e. The molecule has 6 heteroatoms. The molecule has 1 saturated carbocycles. The van der Waals surface area contributed by atoms with Crippen molar-refractivity contribution in [2.45, 2.75) is 64.2 Å². The van der Waals surface area contributed by atoms with E-state index in [1.54, 1.807) is 0 Å². The fourth-order valence-corrected chi connectivity index (χ4v) is 4.18. The van der Waals surface area contributed by atoms with Gasteiger partial charge < -0.3 is 10.2 Å². The van der Waals surface area contributed by atoms with Crippen LogP contribution in [0.25, 0.3) is 0 Å². The van der Waals surface area contributed by atoms with Gasteiger partial charge in [0.25, 0.3) is 0 Å². The summed E-state index contributed by atoms with van der Waals surface area (Å²) in [6.45, 7) is 4.03. The molecule has 2 fully saturated rings. The Morgan fingerprint density at radius 3 is 3.00 bits per heavy atom. The van der Waals surface area contributed by atoms with E-state index in [-0.39, 0.29) is 11.9 Å². The molecule has 1 amide bonds. The summed E-state index contributed by atoms with van der Waals surface area (Å²) in [6, 6.07) is 0.594. The predicted octanol–water partition coefficient (Wildman–Crippen LogP) is 0.849. The zero-order valence-corrected chi connectivity index (χ0v) is 12.6. The van der Waals surface area contributed by atoms with Crippen LogP contribution in [0.1, 0.15) is 43.8 Å². The lowest BCUT2D eigenvalue weighted by Gasteiger charge is -2.29. The molecule has 114 valence electrons. The first-order chi connectivity index (χ1) is 10.2. The fraction of sp³-hybridized carbons (Fsp3) is 0.800. The van der Waals surface area contributed by atoms with E-state index in [0.29, 0.717) is 18.5 Å². The maximum absolute atomic E-state index is 12.8. The summed E-state index contributed by atoms with van der Waals surface area (Å²) in [7, 11) is 0. The van der Waals surface area contributed by atoms with Crippen LogP contribution in [0.3, 0.4) is 0 Å². The van der Waals surface area contributed by atoms with Gasteiger partial charge in [0.05, 0.1) is 19.1 Å². The standard InChI is InChI=1S/C15H23N5O/c1-10-16-14-9-19(6-7-20(14)18-10)15(21)13-8-11-4-2-3-5-12(11)17-13/h11-13,17H,2-9H2,1H3. The third-order valence-electron chi connectivity index (χ3n) is 5.24. The zero-order valence-electron chi connectivity index (χ0n) is 12.6. The summed E-state index contributed by atoms with van der Waals surface area (Å²) in [4.78, 5) is 19.1. The molecule has 1 aliphatic carbocycles. The van der Waals surface area contributed by atoms with Gasteiger partial charge in [-0.2, -0.15) is 5.10 Å². The number of carbonyl (C=O) groups excluding carboxylic acids is 1. The van der Waals surface area contributed by atoms with Crippen molar-refractivity contribution in [1.82, 2.24) is 25.0 Å². The van der Waals surface area contributed by atoms with E-state index >= 15 is 0 Å². The second-order valence-corrected chi connectivity index (χ2v) is 6.66. The van der Waals surface area contributed by atoms with Crippen LogP contribution in [0.5, 0.6) is 0 Å². The summed E-state index contributed by atoms with van der Waals surface area (Å²) >= 11 is 0. The Labute approximate surface area is 124 Å².